The SMILES string of the molecule is CCCOC(=O)CCCC(=O)Oc1cc(C)ccc1Cl. The Morgan fingerprint density at radius 3 is 2.60 bits per heavy atom. The quantitative estimate of drug-likeness (QED) is 0.569. The lowest BCUT2D eigenvalue weighted by Gasteiger charge is -2.07. The van der Waals surface area contributed by atoms with Gasteiger partial charge in [-0.15, -0.1) is 0 Å². The van der Waals surface area contributed by atoms with Gasteiger partial charge in [-0.05, 0) is 37.5 Å². The molecule has 20 heavy (non-hydrogen) atoms. The normalized spacial score (nSPS) is 10.2. The number of carbonyl (C=O) groups is 2. The number of esters is 2. The molecule has 0 aliphatic rings. The summed E-state index contributed by atoms with van der Waals surface area (Å²) in [6, 6.07) is 5.22. The van der Waals surface area contributed by atoms with Crippen molar-refractivity contribution in [2.45, 2.75) is 39.5 Å². The van der Waals surface area contributed by atoms with Crippen LogP contribution in [-0.2, 0) is 14.3 Å². The van der Waals surface area contributed by atoms with Gasteiger partial charge in [-0.3, -0.25) is 9.59 Å². The topological polar surface area (TPSA) is 52.6 Å². The molecule has 0 heterocycles. The fourth-order valence-corrected chi connectivity index (χ4v) is 1.68. The first kappa shape index (κ1) is 16.5. The first-order valence-electron chi connectivity index (χ1n) is 6.65. The molecule has 0 saturated carbocycles. The van der Waals surface area contributed by atoms with Gasteiger partial charge in [0, 0.05) is 12.8 Å². The van der Waals surface area contributed by atoms with Crippen molar-refractivity contribution in [1.82, 2.24) is 0 Å². The van der Waals surface area contributed by atoms with E-state index < -0.39 is 5.97 Å². The first-order chi connectivity index (χ1) is 9.52. The van der Waals surface area contributed by atoms with Crippen molar-refractivity contribution < 1.29 is 19.1 Å². The Balaban J connectivity index is 2.33. The van der Waals surface area contributed by atoms with Gasteiger partial charge in [0.1, 0.15) is 5.75 Å². The van der Waals surface area contributed by atoms with Gasteiger partial charge in [0.15, 0.2) is 0 Å². The number of benzene rings is 1. The van der Waals surface area contributed by atoms with Crippen LogP contribution in [0.4, 0.5) is 0 Å². The van der Waals surface area contributed by atoms with Crippen LogP contribution >= 0.6 is 11.6 Å². The zero-order valence-electron chi connectivity index (χ0n) is 11.8. The predicted octanol–water partition coefficient (Wildman–Crippen LogP) is 3.68. The minimum absolute atomic E-state index is 0.158. The van der Waals surface area contributed by atoms with Gasteiger partial charge >= 0.3 is 11.9 Å². The van der Waals surface area contributed by atoms with Gasteiger partial charge in [0.25, 0.3) is 0 Å². The van der Waals surface area contributed by atoms with Crippen LogP contribution in [0.5, 0.6) is 5.75 Å². The predicted molar refractivity (Wildman–Crippen MR) is 76.9 cm³/mol. The summed E-state index contributed by atoms with van der Waals surface area (Å²) in [5.74, 6) is -0.334. The van der Waals surface area contributed by atoms with E-state index >= 15 is 0 Å². The molecule has 1 aromatic carbocycles. The lowest BCUT2D eigenvalue weighted by Crippen LogP contribution is -2.10. The van der Waals surface area contributed by atoms with Crippen LogP contribution in [0.2, 0.25) is 5.02 Å². The molecule has 0 aliphatic carbocycles. The molecule has 0 radical (unpaired) electrons. The smallest absolute Gasteiger partial charge is 0.311 e. The Bertz CT molecular complexity index is 471. The number of carbonyl (C=O) groups excluding carboxylic acids is 2. The lowest BCUT2D eigenvalue weighted by molar-refractivity contribution is -0.144. The molecular weight excluding hydrogens is 280 g/mol. The van der Waals surface area contributed by atoms with E-state index in [9.17, 15) is 9.59 Å². The maximum absolute atomic E-state index is 11.6. The van der Waals surface area contributed by atoms with Crippen LogP contribution in [0.25, 0.3) is 0 Å². The van der Waals surface area contributed by atoms with Crippen molar-refractivity contribution in [3.63, 3.8) is 0 Å². The van der Waals surface area contributed by atoms with E-state index in [1.807, 2.05) is 19.9 Å². The molecular formula is C15H19ClO4. The Morgan fingerprint density at radius 1 is 1.20 bits per heavy atom. The largest absolute Gasteiger partial charge is 0.466 e. The van der Waals surface area contributed by atoms with Crippen LogP contribution in [-0.4, -0.2) is 18.5 Å². The van der Waals surface area contributed by atoms with E-state index in [2.05, 4.69) is 0 Å². The van der Waals surface area contributed by atoms with Crippen molar-refractivity contribution in [3.05, 3.63) is 28.8 Å². The molecule has 0 amide bonds. The minimum Gasteiger partial charge on any atom is -0.466 e. The molecule has 0 bridgehead atoms. The molecule has 1 rings (SSSR count). The molecule has 0 spiro atoms. The summed E-state index contributed by atoms with van der Waals surface area (Å²) in [5.41, 5.74) is 0.959. The molecule has 0 aromatic heterocycles. The van der Waals surface area contributed by atoms with Gasteiger partial charge in [-0.25, -0.2) is 0 Å². The summed E-state index contributed by atoms with van der Waals surface area (Å²) in [4.78, 5) is 22.9. The van der Waals surface area contributed by atoms with E-state index in [4.69, 9.17) is 21.1 Å². The van der Waals surface area contributed by atoms with E-state index in [1.165, 1.54) is 0 Å². The number of rotatable bonds is 7. The Hall–Kier alpha value is -1.55. The summed E-state index contributed by atoms with van der Waals surface area (Å²) >= 11 is 5.93. The second-order valence-electron chi connectivity index (χ2n) is 4.48. The van der Waals surface area contributed by atoms with Crippen molar-refractivity contribution in [3.8, 4) is 5.75 Å². The molecule has 0 saturated heterocycles. The van der Waals surface area contributed by atoms with Gasteiger partial charge in [0.05, 0.1) is 11.6 Å². The maximum Gasteiger partial charge on any atom is 0.311 e. The van der Waals surface area contributed by atoms with Crippen molar-refractivity contribution in [1.29, 1.82) is 0 Å². The van der Waals surface area contributed by atoms with Crippen LogP contribution in [0.15, 0.2) is 18.2 Å². The van der Waals surface area contributed by atoms with Crippen molar-refractivity contribution >= 4 is 23.5 Å². The fourth-order valence-electron chi connectivity index (χ4n) is 1.53. The van der Waals surface area contributed by atoms with E-state index in [-0.39, 0.29) is 18.8 Å². The highest BCUT2D eigenvalue weighted by Crippen LogP contribution is 2.25. The third-order valence-electron chi connectivity index (χ3n) is 2.54. The van der Waals surface area contributed by atoms with Crippen LogP contribution in [0.3, 0.4) is 0 Å². The molecule has 0 fully saturated rings. The van der Waals surface area contributed by atoms with Crippen molar-refractivity contribution in [2.24, 2.45) is 0 Å². The molecule has 0 atom stereocenters. The lowest BCUT2D eigenvalue weighted by atomic mass is 10.2. The Morgan fingerprint density at radius 2 is 1.90 bits per heavy atom. The van der Waals surface area contributed by atoms with Crippen molar-refractivity contribution in [2.75, 3.05) is 6.61 Å². The number of hydrogen-bond acceptors (Lipinski definition) is 4. The first-order valence-corrected chi connectivity index (χ1v) is 7.03. The molecule has 110 valence electrons. The molecule has 0 N–H and O–H groups in total. The monoisotopic (exact) mass is 298 g/mol. The molecule has 5 heteroatoms. The highest BCUT2D eigenvalue weighted by atomic mass is 35.5. The van der Waals surface area contributed by atoms with Crippen LogP contribution < -0.4 is 4.74 Å². The van der Waals surface area contributed by atoms with Gasteiger partial charge in [0.2, 0.25) is 0 Å². The standard InChI is InChI=1S/C15H19ClO4/c1-3-9-19-14(17)5-4-6-15(18)20-13-10-11(2)7-8-12(13)16/h7-8,10H,3-6,9H2,1-2H3. The van der Waals surface area contributed by atoms with E-state index in [0.29, 0.717) is 23.8 Å². The third kappa shape index (κ3) is 6.06. The fraction of sp³-hybridized carbons (Fsp3) is 0.467. The number of aryl methyl sites for hydroxylation is 1. The summed E-state index contributed by atoms with van der Waals surface area (Å²) < 4.78 is 10.1. The molecule has 1 aromatic rings. The zero-order valence-corrected chi connectivity index (χ0v) is 12.5. The van der Waals surface area contributed by atoms with Gasteiger partial charge < -0.3 is 9.47 Å². The average Bonchev–Trinajstić information content (AvgIpc) is 2.40. The molecule has 4 nitrogen and oxygen atoms in total. The van der Waals surface area contributed by atoms with Crippen LogP contribution in [0, 0.1) is 6.92 Å². The van der Waals surface area contributed by atoms with E-state index in [0.717, 1.165) is 12.0 Å². The number of halogens is 1. The van der Waals surface area contributed by atoms with Gasteiger partial charge in [-0.2, -0.15) is 0 Å². The average molecular weight is 299 g/mol. The third-order valence-corrected chi connectivity index (χ3v) is 2.85. The van der Waals surface area contributed by atoms with Crippen LogP contribution in [0.1, 0.15) is 38.2 Å². The summed E-state index contributed by atoms with van der Waals surface area (Å²) in [5, 5.41) is 0.395. The maximum atomic E-state index is 11.6. The second kappa shape index (κ2) is 8.59. The van der Waals surface area contributed by atoms with Gasteiger partial charge in [-0.1, -0.05) is 24.6 Å². The minimum atomic E-state index is -0.402. The summed E-state index contributed by atoms with van der Waals surface area (Å²) in [6.07, 6.45) is 1.58. The number of hydrogen-bond donors (Lipinski definition) is 0. The summed E-state index contributed by atoms with van der Waals surface area (Å²) in [7, 11) is 0. The molecule has 0 unspecified atom stereocenters. The number of ether oxygens (including phenoxy) is 2. The highest BCUT2D eigenvalue weighted by molar-refractivity contribution is 6.32. The Kier molecular flexibility index (Phi) is 7.09. The highest BCUT2D eigenvalue weighted by Gasteiger charge is 2.10. The Labute approximate surface area is 124 Å². The van der Waals surface area contributed by atoms with E-state index in [1.54, 1.807) is 12.1 Å². The molecule has 0 aliphatic heterocycles. The summed E-state index contributed by atoms with van der Waals surface area (Å²) in [6.45, 7) is 4.23. The zero-order chi connectivity index (χ0) is 15.0. The second-order valence-corrected chi connectivity index (χ2v) is 4.89.